The van der Waals surface area contributed by atoms with E-state index < -0.39 is 0 Å². The molecule has 214 valence electrons. The van der Waals surface area contributed by atoms with Gasteiger partial charge in [0.05, 0.1) is 6.54 Å². The number of rotatable bonds is 9. The van der Waals surface area contributed by atoms with Crippen LogP contribution in [-0.2, 0) is 31.6 Å². The number of benzene rings is 3. The molecule has 0 aliphatic carbocycles. The zero-order valence-corrected chi connectivity index (χ0v) is 25.0. The van der Waals surface area contributed by atoms with E-state index in [-0.39, 0.29) is 17.1 Å². The maximum Gasteiger partial charge on any atom is 0.273 e. The number of amides is 1. The Hall–Kier alpha value is -3.39. The van der Waals surface area contributed by atoms with E-state index in [1.165, 1.54) is 40.2 Å². The van der Waals surface area contributed by atoms with Crippen molar-refractivity contribution >= 4 is 17.2 Å². The molecule has 1 aliphatic rings. The highest BCUT2D eigenvalue weighted by Crippen LogP contribution is 2.24. The van der Waals surface area contributed by atoms with Gasteiger partial charge in [0.2, 0.25) is 0 Å². The second kappa shape index (κ2) is 13.1. The summed E-state index contributed by atoms with van der Waals surface area (Å²) in [5.74, 6) is -0.225. The number of piperazine rings is 1. The highest BCUT2D eigenvalue weighted by molar-refractivity contribution is 7.09. The summed E-state index contributed by atoms with van der Waals surface area (Å²) in [6, 6.07) is 25.9. The minimum absolute atomic E-state index is 0.00900. The number of hydrogen-bond donors (Lipinski definition) is 0. The van der Waals surface area contributed by atoms with Gasteiger partial charge in [0.15, 0.2) is 0 Å². The second-order valence-corrected chi connectivity index (χ2v) is 12.8. The van der Waals surface area contributed by atoms with Crippen LogP contribution >= 0.6 is 11.3 Å². The first-order valence-electron chi connectivity index (χ1n) is 14.3. The molecule has 0 atom stereocenters. The zero-order chi connectivity index (χ0) is 28.8. The average Bonchev–Trinajstić information content (AvgIpc) is 3.43. The van der Waals surface area contributed by atoms with Gasteiger partial charge in [-0.05, 0) is 39.8 Å². The van der Waals surface area contributed by atoms with Gasteiger partial charge in [0.1, 0.15) is 16.5 Å². The monoisotopic (exact) mass is 570 g/mol. The quantitative estimate of drug-likeness (QED) is 0.223. The van der Waals surface area contributed by atoms with Gasteiger partial charge in [0.25, 0.3) is 5.91 Å². The molecule has 0 N–H and O–H groups in total. The molecule has 1 aliphatic heterocycles. The van der Waals surface area contributed by atoms with Gasteiger partial charge in [-0.15, -0.1) is 11.3 Å². The van der Waals surface area contributed by atoms with Crippen LogP contribution in [0.5, 0.6) is 0 Å². The summed E-state index contributed by atoms with van der Waals surface area (Å²) >= 11 is 1.53. The third-order valence-corrected chi connectivity index (χ3v) is 8.42. The van der Waals surface area contributed by atoms with E-state index in [0.717, 1.165) is 36.8 Å². The molecule has 2 heterocycles. The Morgan fingerprint density at radius 1 is 0.829 bits per heavy atom. The van der Waals surface area contributed by atoms with Gasteiger partial charge < -0.3 is 4.90 Å². The van der Waals surface area contributed by atoms with Gasteiger partial charge in [-0.25, -0.2) is 9.37 Å². The molecule has 0 unspecified atom stereocenters. The maximum atomic E-state index is 13.5. The first kappa shape index (κ1) is 29.1. The molecule has 1 aromatic heterocycles. The number of thiazole rings is 1. The smallest absolute Gasteiger partial charge is 0.273 e. The molecule has 1 saturated heterocycles. The van der Waals surface area contributed by atoms with Crippen LogP contribution in [0.15, 0.2) is 84.2 Å². The van der Waals surface area contributed by atoms with E-state index in [9.17, 15) is 9.18 Å². The first-order chi connectivity index (χ1) is 19.7. The van der Waals surface area contributed by atoms with Gasteiger partial charge in [-0.3, -0.25) is 14.6 Å². The van der Waals surface area contributed by atoms with Crippen molar-refractivity contribution in [3.8, 4) is 0 Å². The highest BCUT2D eigenvalue weighted by Gasteiger charge is 2.24. The Kier molecular flexibility index (Phi) is 9.28. The van der Waals surface area contributed by atoms with E-state index >= 15 is 0 Å². The Morgan fingerprint density at radius 2 is 1.44 bits per heavy atom. The molecule has 0 radical (unpaired) electrons. The molecule has 41 heavy (non-hydrogen) atoms. The van der Waals surface area contributed by atoms with Gasteiger partial charge >= 0.3 is 0 Å². The molecule has 1 amide bonds. The van der Waals surface area contributed by atoms with Crippen molar-refractivity contribution in [2.24, 2.45) is 0 Å². The van der Waals surface area contributed by atoms with Crippen LogP contribution in [0.2, 0.25) is 0 Å². The number of nitrogens with zero attached hydrogens (tertiary/aromatic N) is 4. The Balaban J connectivity index is 1.22. The lowest BCUT2D eigenvalue weighted by Gasteiger charge is -2.34. The fourth-order valence-electron chi connectivity index (χ4n) is 5.17. The lowest BCUT2D eigenvalue weighted by molar-refractivity contribution is 0.0623. The van der Waals surface area contributed by atoms with Crippen molar-refractivity contribution in [3.63, 3.8) is 0 Å². The minimum atomic E-state index is -0.234. The lowest BCUT2D eigenvalue weighted by Crippen LogP contribution is -2.48. The molecule has 0 spiro atoms. The van der Waals surface area contributed by atoms with E-state index in [4.69, 9.17) is 4.98 Å². The van der Waals surface area contributed by atoms with E-state index in [1.807, 2.05) is 28.5 Å². The van der Waals surface area contributed by atoms with Crippen molar-refractivity contribution in [1.29, 1.82) is 0 Å². The number of halogens is 1. The molecule has 4 aromatic rings. The SMILES string of the molecule is CC(C)(C)c1ccc(CN(Cc2ccc(F)cc2)Cc2nc(C(=O)N3CCN(Cc4ccccc4)CC3)cs2)cc1. The van der Waals surface area contributed by atoms with Crippen LogP contribution in [0.1, 0.15) is 58.5 Å². The van der Waals surface area contributed by atoms with Crippen molar-refractivity contribution in [1.82, 2.24) is 19.7 Å². The normalized spacial score (nSPS) is 14.5. The summed E-state index contributed by atoms with van der Waals surface area (Å²) in [5.41, 5.74) is 5.48. The van der Waals surface area contributed by atoms with Crippen molar-refractivity contribution in [2.75, 3.05) is 26.2 Å². The predicted octanol–water partition coefficient (Wildman–Crippen LogP) is 6.74. The van der Waals surface area contributed by atoms with Crippen molar-refractivity contribution in [3.05, 3.63) is 123 Å². The third-order valence-electron chi connectivity index (χ3n) is 7.58. The molecular weight excluding hydrogens is 531 g/mol. The molecule has 7 heteroatoms. The van der Waals surface area contributed by atoms with Crippen LogP contribution in [0.25, 0.3) is 0 Å². The summed E-state index contributed by atoms with van der Waals surface area (Å²) in [6.07, 6.45) is 0. The van der Waals surface area contributed by atoms with Gasteiger partial charge in [-0.1, -0.05) is 87.5 Å². The Bertz CT molecular complexity index is 1410. The van der Waals surface area contributed by atoms with E-state index in [0.29, 0.717) is 31.9 Å². The summed E-state index contributed by atoms with van der Waals surface area (Å²) in [6.45, 7) is 12.7. The van der Waals surface area contributed by atoms with Crippen molar-refractivity contribution < 1.29 is 9.18 Å². The largest absolute Gasteiger partial charge is 0.335 e. The average molecular weight is 571 g/mol. The van der Waals surface area contributed by atoms with Crippen LogP contribution in [0.4, 0.5) is 4.39 Å². The lowest BCUT2D eigenvalue weighted by atomic mass is 9.87. The number of hydrogen-bond acceptors (Lipinski definition) is 5. The number of aromatic nitrogens is 1. The van der Waals surface area contributed by atoms with Crippen molar-refractivity contribution in [2.45, 2.75) is 52.4 Å². The molecule has 0 saturated carbocycles. The summed E-state index contributed by atoms with van der Waals surface area (Å²) in [4.78, 5) is 24.7. The fourth-order valence-corrected chi connectivity index (χ4v) is 5.98. The molecule has 5 nitrogen and oxygen atoms in total. The van der Waals surface area contributed by atoms with Crippen LogP contribution in [-0.4, -0.2) is 51.8 Å². The topological polar surface area (TPSA) is 39.7 Å². The number of carbonyl (C=O) groups is 1. The highest BCUT2D eigenvalue weighted by atomic mass is 32.1. The third kappa shape index (κ3) is 8.09. The molecular formula is C34H39FN4OS. The zero-order valence-electron chi connectivity index (χ0n) is 24.2. The molecule has 3 aromatic carbocycles. The minimum Gasteiger partial charge on any atom is -0.335 e. The molecule has 5 rings (SSSR count). The molecule has 1 fully saturated rings. The standard InChI is InChI=1S/C34H39FN4OS/c1-34(2,3)29-13-9-27(10-14-29)22-38(23-28-11-15-30(35)16-12-28)24-32-36-31(25-41-32)33(40)39-19-17-37(18-20-39)21-26-7-5-4-6-8-26/h4-16,25H,17-24H2,1-3H3. The second-order valence-electron chi connectivity index (χ2n) is 11.9. The Labute approximate surface area is 247 Å². The van der Waals surface area contributed by atoms with Gasteiger partial charge in [0, 0.05) is 51.2 Å². The maximum absolute atomic E-state index is 13.5. The van der Waals surface area contributed by atoms with E-state index in [1.54, 1.807) is 0 Å². The predicted molar refractivity (Wildman–Crippen MR) is 164 cm³/mol. The fraction of sp³-hybridized carbons (Fsp3) is 0.353. The van der Waals surface area contributed by atoms with Crippen LogP contribution in [0.3, 0.4) is 0 Å². The summed E-state index contributed by atoms with van der Waals surface area (Å²) < 4.78 is 13.5. The Morgan fingerprint density at radius 3 is 2.05 bits per heavy atom. The summed E-state index contributed by atoms with van der Waals surface area (Å²) in [5, 5.41) is 2.80. The first-order valence-corrected chi connectivity index (χ1v) is 15.2. The van der Waals surface area contributed by atoms with Crippen LogP contribution in [0, 0.1) is 5.82 Å². The number of carbonyl (C=O) groups excluding carboxylic acids is 1. The summed E-state index contributed by atoms with van der Waals surface area (Å²) in [7, 11) is 0. The molecule has 0 bridgehead atoms. The van der Waals surface area contributed by atoms with E-state index in [2.05, 4.69) is 79.1 Å². The van der Waals surface area contributed by atoms with Gasteiger partial charge in [-0.2, -0.15) is 0 Å². The van der Waals surface area contributed by atoms with Crippen LogP contribution < -0.4 is 0 Å².